The van der Waals surface area contributed by atoms with Gasteiger partial charge in [0.1, 0.15) is 20.7 Å². The zero-order chi connectivity index (χ0) is 12.8. The number of hydrogen-bond acceptors (Lipinski definition) is 4. The Kier molecular flexibility index (Phi) is 6.82. The van der Waals surface area contributed by atoms with Crippen LogP contribution in [0, 0.1) is 0 Å². The highest BCUT2D eigenvalue weighted by Gasteiger charge is 2.18. The van der Waals surface area contributed by atoms with Crippen molar-refractivity contribution in [3.05, 3.63) is 23.8 Å². The summed E-state index contributed by atoms with van der Waals surface area (Å²) < 4.78 is 11.9. The van der Waals surface area contributed by atoms with Crippen LogP contribution in [0.4, 0.5) is 0 Å². The van der Waals surface area contributed by atoms with E-state index in [2.05, 4.69) is 45.2 Å². The Morgan fingerprint density at radius 1 is 1.29 bits per heavy atom. The molecule has 0 radical (unpaired) electrons. The molecule has 0 amide bonds. The van der Waals surface area contributed by atoms with Gasteiger partial charge in [0, 0.05) is 11.6 Å². The maximum Gasteiger partial charge on any atom is 0.139 e. The van der Waals surface area contributed by atoms with Gasteiger partial charge < -0.3 is 20.3 Å². The van der Waals surface area contributed by atoms with Crippen LogP contribution in [0.15, 0.2) is 18.2 Å². The molecule has 1 unspecified atom stereocenters. The van der Waals surface area contributed by atoms with Gasteiger partial charge in [-0.3, -0.25) is 0 Å². The molecule has 0 fully saturated rings. The molecular formula is C11H15I2NO3. The van der Waals surface area contributed by atoms with Crippen LogP contribution in [-0.4, -0.2) is 20.4 Å². The molecule has 0 spiro atoms. The number of ether oxygens (including phenoxy) is 2. The quantitative estimate of drug-likeness (QED) is 0.504. The van der Waals surface area contributed by atoms with Crippen molar-refractivity contribution in [1.82, 2.24) is 0 Å². The fourth-order valence-electron chi connectivity index (χ4n) is 1.38. The van der Waals surface area contributed by atoms with Gasteiger partial charge >= 0.3 is 0 Å². The van der Waals surface area contributed by atoms with E-state index in [-0.39, 0.29) is 6.04 Å². The van der Waals surface area contributed by atoms with Gasteiger partial charge in [0.05, 0.1) is 6.10 Å². The molecule has 1 aromatic rings. The number of hydrogen-bond donors (Lipinski definition) is 2. The third kappa shape index (κ3) is 4.42. The van der Waals surface area contributed by atoms with Crippen LogP contribution in [0.2, 0.25) is 0 Å². The van der Waals surface area contributed by atoms with Crippen LogP contribution in [0.1, 0.15) is 18.6 Å². The summed E-state index contributed by atoms with van der Waals surface area (Å²) in [5.41, 5.74) is 6.37. The summed E-state index contributed by atoms with van der Waals surface area (Å²) in [6, 6.07) is 5.02. The molecule has 0 aliphatic carbocycles. The Labute approximate surface area is 128 Å². The predicted molar refractivity (Wildman–Crippen MR) is 84.1 cm³/mol. The number of rotatable bonds is 6. The normalized spacial score (nSPS) is 14.2. The van der Waals surface area contributed by atoms with Crippen molar-refractivity contribution in [2.75, 3.05) is 9.23 Å². The standard InChI is InChI=1S/C11H15I2NO3/c1-7(14)11(15)9-4-8(16-5-12)2-3-10(9)17-6-13/h2-4,7,11,15H,5-6,14H2,1H3/t7?,11-/m0/s1. The van der Waals surface area contributed by atoms with E-state index in [0.717, 1.165) is 0 Å². The molecule has 3 N–H and O–H groups in total. The summed E-state index contributed by atoms with van der Waals surface area (Å²) in [5, 5.41) is 10.0. The Morgan fingerprint density at radius 3 is 2.47 bits per heavy atom. The second-order valence-electron chi connectivity index (χ2n) is 3.51. The predicted octanol–water partition coefficient (Wildman–Crippen LogP) is 2.61. The first-order chi connectivity index (χ1) is 8.10. The van der Waals surface area contributed by atoms with Gasteiger partial charge in [-0.05, 0) is 70.3 Å². The van der Waals surface area contributed by atoms with Crippen molar-refractivity contribution in [2.24, 2.45) is 5.73 Å². The third-order valence-corrected chi connectivity index (χ3v) is 2.85. The molecule has 0 bridgehead atoms. The molecule has 0 aliphatic heterocycles. The molecule has 0 aromatic heterocycles. The van der Waals surface area contributed by atoms with E-state index >= 15 is 0 Å². The zero-order valence-electron chi connectivity index (χ0n) is 9.40. The fraction of sp³-hybridized carbons (Fsp3) is 0.455. The molecule has 17 heavy (non-hydrogen) atoms. The summed E-state index contributed by atoms with van der Waals surface area (Å²) in [4.78, 5) is 0. The molecule has 96 valence electrons. The van der Waals surface area contributed by atoms with Gasteiger partial charge in [-0.2, -0.15) is 0 Å². The molecule has 0 aliphatic rings. The van der Waals surface area contributed by atoms with E-state index < -0.39 is 6.10 Å². The van der Waals surface area contributed by atoms with Gasteiger partial charge in [-0.15, -0.1) is 0 Å². The Bertz CT molecular complexity index is 361. The first-order valence-corrected chi connectivity index (χ1v) is 8.10. The molecule has 0 saturated heterocycles. The maximum absolute atomic E-state index is 10.0. The first kappa shape index (κ1) is 15.3. The molecule has 1 aromatic carbocycles. The topological polar surface area (TPSA) is 64.7 Å². The van der Waals surface area contributed by atoms with E-state index in [1.165, 1.54) is 0 Å². The minimum absolute atomic E-state index is 0.360. The highest BCUT2D eigenvalue weighted by Crippen LogP contribution is 2.31. The Balaban J connectivity index is 3.05. The highest BCUT2D eigenvalue weighted by atomic mass is 127. The molecule has 0 saturated carbocycles. The number of halogens is 2. The number of nitrogens with two attached hydrogens (primary N) is 1. The summed E-state index contributed by atoms with van der Waals surface area (Å²) in [7, 11) is 0. The van der Waals surface area contributed by atoms with E-state index in [9.17, 15) is 5.11 Å². The van der Waals surface area contributed by atoms with Gasteiger partial charge in [0.15, 0.2) is 0 Å². The molecule has 4 nitrogen and oxygen atoms in total. The molecular weight excluding hydrogens is 448 g/mol. The lowest BCUT2D eigenvalue weighted by atomic mass is 10.0. The molecule has 6 heteroatoms. The maximum atomic E-state index is 10.0. The first-order valence-electron chi connectivity index (χ1n) is 5.05. The smallest absolute Gasteiger partial charge is 0.139 e. The number of alkyl halides is 2. The SMILES string of the molecule is CC(N)[C@H](O)c1cc(OCI)ccc1OCI. The second-order valence-corrected chi connectivity index (χ2v) is 4.76. The number of benzene rings is 1. The van der Waals surface area contributed by atoms with E-state index in [0.29, 0.717) is 26.3 Å². The van der Waals surface area contributed by atoms with Crippen LogP contribution < -0.4 is 15.2 Å². The minimum Gasteiger partial charge on any atom is -0.483 e. The van der Waals surface area contributed by atoms with Gasteiger partial charge in [0.25, 0.3) is 0 Å². The van der Waals surface area contributed by atoms with Crippen molar-refractivity contribution in [3.8, 4) is 11.5 Å². The van der Waals surface area contributed by atoms with Gasteiger partial charge in [-0.25, -0.2) is 0 Å². The lowest BCUT2D eigenvalue weighted by Gasteiger charge is -2.19. The Morgan fingerprint density at radius 2 is 1.94 bits per heavy atom. The van der Waals surface area contributed by atoms with Gasteiger partial charge in [0.2, 0.25) is 0 Å². The van der Waals surface area contributed by atoms with Crippen LogP contribution >= 0.6 is 45.2 Å². The van der Waals surface area contributed by atoms with Crippen LogP contribution in [0.3, 0.4) is 0 Å². The lowest BCUT2D eigenvalue weighted by molar-refractivity contribution is 0.149. The van der Waals surface area contributed by atoms with Crippen LogP contribution in [0.25, 0.3) is 0 Å². The number of aliphatic hydroxyl groups excluding tert-OH is 1. The zero-order valence-corrected chi connectivity index (χ0v) is 13.7. The average molecular weight is 463 g/mol. The van der Waals surface area contributed by atoms with Crippen LogP contribution in [0.5, 0.6) is 11.5 Å². The highest BCUT2D eigenvalue weighted by molar-refractivity contribution is 14.1. The van der Waals surface area contributed by atoms with Crippen LogP contribution in [-0.2, 0) is 0 Å². The third-order valence-electron chi connectivity index (χ3n) is 2.23. The largest absolute Gasteiger partial charge is 0.483 e. The summed E-state index contributed by atoms with van der Waals surface area (Å²) in [6.07, 6.45) is -0.759. The Hall–Kier alpha value is 0.200. The van der Waals surface area contributed by atoms with E-state index in [1.807, 2.05) is 6.07 Å². The number of aliphatic hydroxyl groups is 1. The van der Waals surface area contributed by atoms with Crippen molar-refractivity contribution in [2.45, 2.75) is 19.1 Å². The van der Waals surface area contributed by atoms with Crippen molar-refractivity contribution in [1.29, 1.82) is 0 Å². The lowest BCUT2D eigenvalue weighted by Crippen LogP contribution is -2.24. The fourth-order valence-corrected chi connectivity index (χ4v) is 2.08. The summed E-state index contributed by atoms with van der Waals surface area (Å²) >= 11 is 4.22. The molecule has 0 heterocycles. The summed E-state index contributed by atoms with van der Waals surface area (Å²) in [5.74, 6) is 1.35. The van der Waals surface area contributed by atoms with Crippen molar-refractivity contribution in [3.63, 3.8) is 0 Å². The molecule has 1 rings (SSSR count). The molecule has 2 atom stereocenters. The van der Waals surface area contributed by atoms with E-state index in [4.69, 9.17) is 15.2 Å². The average Bonchev–Trinajstić information content (AvgIpc) is 2.30. The van der Waals surface area contributed by atoms with Gasteiger partial charge in [-0.1, -0.05) is 0 Å². The van der Waals surface area contributed by atoms with Crippen molar-refractivity contribution >= 4 is 45.2 Å². The second kappa shape index (κ2) is 7.59. The van der Waals surface area contributed by atoms with Crippen molar-refractivity contribution < 1.29 is 14.6 Å². The summed E-state index contributed by atoms with van der Waals surface area (Å²) in [6.45, 7) is 1.75. The monoisotopic (exact) mass is 463 g/mol. The minimum atomic E-state index is -0.759. The van der Waals surface area contributed by atoms with E-state index in [1.54, 1.807) is 19.1 Å².